The van der Waals surface area contributed by atoms with E-state index in [0.717, 1.165) is 25.8 Å². The number of benzene rings is 1. The highest BCUT2D eigenvalue weighted by Gasteiger charge is 2.09. The minimum absolute atomic E-state index is 0.164. The van der Waals surface area contributed by atoms with E-state index in [1.807, 2.05) is 19.2 Å². The lowest BCUT2D eigenvalue weighted by molar-refractivity contribution is -0.127. The van der Waals surface area contributed by atoms with Crippen molar-refractivity contribution in [1.82, 2.24) is 4.90 Å². The molecule has 0 aliphatic heterocycles. The number of aliphatic hydroxyl groups excluding tert-OH is 1. The first-order valence-electron chi connectivity index (χ1n) is 6.68. The highest BCUT2D eigenvalue weighted by Crippen LogP contribution is 2.21. The summed E-state index contributed by atoms with van der Waals surface area (Å²) in [5.41, 5.74) is 1.21. The van der Waals surface area contributed by atoms with Crippen molar-refractivity contribution < 1.29 is 9.90 Å². The molecule has 0 saturated carbocycles. The quantitative estimate of drug-likeness (QED) is 0.588. The lowest BCUT2D eigenvalue weighted by Gasteiger charge is -2.17. The SMILES string of the molecule is Cc1ccccc1SCC(=O)N(C)CCCCCO. The van der Waals surface area contributed by atoms with Crippen LogP contribution in [0.15, 0.2) is 29.2 Å². The van der Waals surface area contributed by atoms with Crippen molar-refractivity contribution in [2.75, 3.05) is 26.0 Å². The van der Waals surface area contributed by atoms with Crippen molar-refractivity contribution in [3.05, 3.63) is 29.8 Å². The van der Waals surface area contributed by atoms with Crippen molar-refractivity contribution in [2.24, 2.45) is 0 Å². The predicted octanol–water partition coefficient (Wildman–Crippen LogP) is 2.71. The van der Waals surface area contributed by atoms with Gasteiger partial charge in [-0.3, -0.25) is 4.79 Å². The largest absolute Gasteiger partial charge is 0.396 e. The highest BCUT2D eigenvalue weighted by molar-refractivity contribution is 8.00. The third-order valence-corrected chi connectivity index (χ3v) is 4.18. The number of amides is 1. The van der Waals surface area contributed by atoms with Gasteiger partial charge >= 0.3 is 0 Å². The van der Waals surface area contributed by atoms with Crippen LogP contribution in [0.3, 0.4) is 0 Å². The van der Waals surface area contributed by atoms with Crippen LogP contribution in [-0.2, 0) is 4.79 Å². The van der Waals surface area contributed by atoms with Gasteiger partial charge in [0.2, 0.25) is 5.91 Å². The summed E-state index contributed by atoms with van der Waals surface area (Å²) in [6.45, 7) is 3.07. The molecule has 1 amide bonds. The molecule has 106 valence electrons. The zero-order valence-electron chi connectivity index (χ0n) is 11.8. The number of unbranched alkanes of at least 4 members (excludes halogenated alkanes) is 2. The molecule has 0 bridgehead atoms. The minimum atomic E-state index is 0.164. The average molecular weight is 281 g/mol. The van der Waals surface area contributed by atoms with Crippen LogP contribution in [0, 0.1) is 6.92 Å². The maximum absolute atomic E-state index is 11.9. The second kappa shape index (κ2) is 8.99. The van der Waals surface area contributed by atoms with Crippen molar-refractivity contribution in [2.45, 2.75) is 31.1 Å². The third kappa shape index (κ3) is 6.12. The number of hydrogen-bond donors (Lipinski definition) is 1. The summed E-state index contributed by atoms with van der Waals surface area (Å²) in [4.78, 5) is 14.9. The van der Waals surface area contributed by atoms with Crippen LogP contribution < -0.4 is 0 Å². The molecule has 0 aliphatic rings. The Kier molecular flexibility index (Phi) is 7.60. The number of hydrogen-bond acceptors (Lipinski definition) is 3. The number of carbonyl (C=O) groups is 1. The van der Waals surface area contributed by atoms with Crippen molar-refractivity contribution in [3.8, 4) is 0 Å². The molecule has 19 heavy (non-hydrogen) atoms. The molecule has 0 heterocycles. The molecule has 0 fully saturated rings. The number of rotatable bonds is 8. The average Bonchev–Trinajstić information content (AvgIpc) is 2.42. The molecule has 3 nitrogen and oxygen atoms in total. The fourth-order valence-electron chi connectivity index (χ4n) is 1.73. The van der Waals surface area contributed by atoms with Gasteiger partial charge in [-0.25, -0.2) is 0 Å². The van der Waals surface area contributed by atoms with Crippen LogP contribution in [0.5, 0.6) is 0 Å². The van der Waals surface area contributed by atoms with Crippen LogP contribution in [0.1, 0.15) is 24.8 Å². The number of aryl methyl sites for hydroxylation is 1. The van der Waals surface area contributed by atoms with Gasteiger partial charge in [-0.15, -0.1) is 11.8 Å². The van der Waals surface area contributed by atoms with E-state index in [-0.39, 0.29) is 12.5 Å². The molecular formula is C15H23NO2S. The first kappa shape index (κ1) is 16.1. The zero-order valence-corrected chi connectivity index (χ0v) is 12.6. The fourth-order valence-corrected chi connectivity index (χ4v) is 2.70. The van der Waals surface area contributed by atoms with E-state index in [4.69, 9.17) is 5.11 Å². The molecule has 0 atom stereocenters. The molecule has 0 radical (unpaired) electrons. The van der Waals surface area contributed by atoms with Crippen LogP contribution in [0.4, 0.5) is 0 Å². The molecule has 1 rings (SSSR count). The van der Waals surface area contributed by atoms with Crippen LogP contribution in [0.25, 0.3) is 0 Å². The molecule has 4 heteroatoms. The molecule has 1 aromatic carbocycles. The van der Waals surface area contributed by atoms with Gasteiger partial charge in [-0.1, -0.05) is 18.2 Å². The van der Waals surface area contributed by atoms with Gasteiger partial charge in [0.25, 0.3) is 0 Å². The first-order valence-corrected chi connectivity index (χ1v) is 7.67. The van der Waals surface area contributed by atoms with Gasteiger partial charge in [-0.05, 0) is 37.8 Å². The maximum Gasteiger partial charge on any atom is 0.232 e. The Morgan fingerprint density at radius 2 is 2.00 bits per heavy atom. The standard InChI is InChI=1S/C15H23NO2S/c1-13-8-4-5-9-14(13)19-12-15(18)16(2)10-6-3-7-11-17/h4-5,8-9,17H,3,6-7,10-12H2,1-2H3. The molecular weight excluding hydrogens is 258 g/mol. The predicted molar refractivity (Wildman–Crippen MR) is 80.5 cm³/mol. The Morgan fingerprint density at radius 1 is 1.26 bits per heavy atom. The summed E-state index contributed by atoms with van der Waals surface area (Å²) < 4.78 is 0. The van der Waals surface area contributed by atoms with E-state index in [9.17, 15) is 4.79 Å². The molecule has 0 unspecified atom stereocenters. The lowest BCUT2D eigenvalue weighted by Crippen LogP contribution is -2.29. The second-order valence-corrected chi connectivity index (χ2v) is 5.67. The molecule has 0 aliphatic carbocycles. The maximum atomic E-state index is 11.9. The van der Waals surface area contributed by atoms with Crippen LogP contribution in [-0.4, -0.2) is 41.9 Å². The zero-order chi connectivity index (χ0) is 14.1. The highest BCUT2D eigenvalue weighted by atomic mass is 32.2. The number of aliphatic hydroxyl groups is 1. The van der Waals surface area contributed by atoms with Crippen LogP contribution in [0.2, 0.25) is 0 Å². The van der Waals surface area contributed by atoms with Gasteiger partial charge in [-0.2, -0.15) is 0 Å². The summed E-state index contributed by atoms with van der Waals surface area (Å²) >= 11 is 1.60. The van der Waals surface area contributed by atoms with E-state index >= 15 is 0 Å². The summed E-state index contributed by atoms with van der Waals surface area (Å²) in [5, 5.41) is 8.69. The number of nitrogens with zero attached hydrogens (tertiary/aromatic N) is 1. The van der Waals surface area contributed by atoms with Crippen molar-refractivity contribution in [1.29, 1.82) is 0 Å². The van der Waals surface area contributed by atoms with Crippen molar-refractivity contribution in [3.63, 3.8) is 0 Å². The Morgan fingerprint density at radius 3 is 2.68 bits per heavy atom. The number of carbonyl (C=O) groups excluding carboxylic acids is 1. The van der Waals surface area contributed by atoms with E-state index in [1.165, 1.54) is 10.5 Å². The topological polar surface area (TPSA) is 40.5 Å². The summed E-state index contributed by atoms with van der Waals surface area (Å²) in [6.07, 6.45) is 2.75. The van der Waals surface area contributed by atoms with Crippen LogP contribution >= 0.6 is 11.8 Å². The lowest BCUT2D eigenvalue weighted by atomic mass is 10.2. The van der Waals surface area contributed by atoms with E-state index in [1.54, 1.807) is 16.7 Å². The second-order valence-electron chi connectivity index (χ2n) is 4.65. The van der Waals surface area contributed by atoms with Gasteiger partial charge < -0.3 is 10.0 Å². The Balaban J connectivity index is 2.28. The fraction of sp³-hybridized carbons (Fsp3) is 0.533. The minimum Gasteiger partial charge on any atom is -0.396 e. The summed E-state index contributed by atoms with van der Waals surface area (Å²) in [6, 6.07) is 8.12. The Bertz CT molecular complexity index is 395. The van der Waals surface area contributed by atoms with Gasteiger partial charge in [0.05, 0.1) is 5.75 Å². The third-order valence-electron chi connectivity index (χ3n) is 3.02. The normalized spacial score (nSPS) is 10.5. The molecule has 1 N–H and O–H groups in total. The Labute approximate surface area is 120 Å². The van der Waals surface area contributed by atoms with Gasteiger partial charge in [0, 0.05) is 25.1 Å². The first-order chi connectivity index (χ1) is 9.15. The molecule has 0 spiro atoms. The van der Waals surface area contributed by atoms with Gasteiger partial charge in [0.15, 0.2) is 0 Å². The smallest absolute Gasteiger partial charge is 0.232 e. The molecule has 1 aromatic rings. The Hall–Kier alpha value is -1.00. The number of thioether (sulfide) groups is 1. The summed E-state index contributed by atoms with van der Waals surface area (Å²) in [7, 11) is 1.85. The van der Waals surface area contributed by atoms with Crippen molar-refractivity contribution >= 4 is 17.7 Å². The monoisotopic (exact) mass is 281 g/mol. The summed E-state index contributed by atoms with van der Waals surface area (Å²) in [5.74, 6) is 0.652. The van der Waals surface area contributed by atoms with E-state index in [0.29, 0.717) is 5.75 Å². The van der Waals surface area contributed by atoms with E-state index < -0.39 is 0 Å². The van der Waals surface area contributed by atoms with Gasteiger partial charge in [0.1, 0.15) is 0 Å². The van der Waals surface area contributed by atoms with E-state index in [2.05, 4.69) is 19.1 Å². The molecule has 0 saturated heterocycles. The molecule has 0 aromatic heterocycles.